The van der Waals surface area contributed by atoms with Crippen LogP contribution in [0.25, 0.3) is 0 Å². The fourth-order valence-corrected chi connectivity index (χ4v) is 2.57. The van der Waals surface area contributed by atoms with E-state index in [1.807, 2.05) is 24.4 Å². The molecule has 1 heterocycles. The lowest BCUT2D eigenvalue weighted by Crippen LogP contribution is -2.30. The quantitative estimate of drug-likeness (QED) is 0.864. The van der Waals surface area contributed by atoms with Gasteiger partial charge in [-0.25, -0.2) is 0 Å². The van der Waals surface area contributed by atoms with E-state index in [0.29, 0.717) is 0 Å². The summed E-state index contributed by atoms with van der Waals surface area (Å²) in [6, 6.07) is 4.00. The number of hydrogen-bond donors (Lipinski definition) is 1. The van der Waals surface area contributed by atoms with Gasteiger partial charge in [-0.1, -0.05) is 13.0 Å². The average Bonchev–Trinajstić information content (AvgIpc) is 2.78. The van der Waals surface area contributed by atoms with Crippen LogP contribution in [-0.4, -0.2) is 28.9 Å². The molecule has 0 saturated heterocycles. The van der Waals surface area contributed by atoms with Crippen molar-refractivity contribution in [3.63, 3.8) is 0 Å². The monoisotopic (exact) mass is 269 g/mol. The Morgan fingerprint density at radius 2 is 2.06 bits per heavy atom. The predicted molar refractivity (Wildman–Crippen MR) is 71.5 cm³/mol. The summed E-state index contributed by atoms with van der Waals surface area (Å²) in [5.74, 6) is -0.998. The van der Waals surface area contributed by atoms with Crippen molar-refractivity contribution in [1.82, 2.24) is 4.90 Å². The van der Waals surface area contributed by atoms with Crippen LogP contribution in [0.5, 0.6) is 0 Å². The van der Waals surface area contributed by atoms with Crippen LogP contribution in [0.2, 0.25) is 0 Å². The Balaban J connectivity index is 2.53. The van der Waals surface area contributed by atoms with E-state index in [0.717, 1.165) is 4.88 Å². The Bertz CT molecular complexity index is 402. The van der Waals surface area contributed by atoms with Gasteiger partial charge in [-0.05, 0) is 24.3 Å². The number of thiophene rings is 1. The molecule has 0 aromatic carbocycles. The highest BCUT2D eigenvalue weighted by molar-refractivity contribution is 7.10. The molecule has 0 aliphatic rings. The number of aliphatic carboxylic acids is 1. The minimum absolute atomic E-state index is 0.00958. The van der Waals surface area contributed by atoms with Crippen LogP contribution in [0.15, 0.2) is 17.5 Å². The molecule has 1 aromatic rings. The van der Waals surface area contributed by atoms with E-state index in [-0.39, 0.29) is 30.7 Å². The number of carboxylic acid groups (broad SMARTS) is 1. The normalized spacial score (nSPS) is 13.9. The van der Waals surface area contributed by atoms with Gasteiger partial charge in [0.1, 0.15) is 0 Å². The van der Waals surface area contributed by atoms with E-state index in [2.05, 4.69) is 0 Å². The minimum atomic E-state index is -0.857. The SMILES string of the molecule is CC(CC(=O)O)CC(=O)N(C)C(C)c1cccs1. The van der Waals surface area contributed by atoms with Gasteiger partial charge in [0, 0.05) is 24.8 Å². The Morgan fingerprint density at radius 3 is 2.56 bits per heavy atom. The van der Waals surface area contributed by atoms with Crippen molar-refractivity contribution in [2.75, 3.05) is 7.05 Å². The highest BCUT2D eigenvalue weighted by Gasteiger charge is 2.20. The Hall–Kier alpha value is -1.36. The fraction of sp³-hybridized carbons (Fsp3) is 0.538. The summed E-state index contributed by atoms with van der Waals surface area (Å²) < 4.78 is 0. The summed E-state index contributed by atoms with van der Waals surface area (Å²) >= 11 is 1.62. The maximum absolute atomic E-state index is 12.0. The molecule has 2 unspecified atom stereocenters. The van der Waals surface area contributed by atoms with E-state index in [9.17, 15) is 9.59 Å². The van der Waals surface area contributed by atoms with Crippen molar-refractivity contribution in [3.8, 4) is 0 Å². The van der Waals surface area contributed by atoms with Crippen molar-refractivity contribution in [3.05, 3.63) is 22.4 Å². The van der Waals surface area contributed by atoms with Crippen LogP contribution in [0, 0.1) is 5.92 Å². The fourth-order valence-electron chi connectivity index (χ4n) is 1.75. The Morgan fingerprint density at radius 1 is 1.39 bits per heavy atom. The number of rotatable bonds is 6. The molecule has 0 radical (unpaired) electrons. The van der Waals surface area contributed by atoms with Crippen LogP contribution in [-0.2, 0) is 9.59 Å². The average molecular weight is 269 g/mol. The topological polar surface area (TPSA) is 57.6 Å². The van der Waals surface area contributed by atoms with Crippen molar-refractivity contribution >= 4 is 23.2 Å². The third-order valence-electron chi connectivity index (χ3n) is 2.98. The zero-order valence-corrected chi connectivity index (χ0v) is 11.7. The second-order valence-electron chi connectivity index (χ2n) is 4.60. The number of nitrogens with zero attached hydrogens (tertiary/aromatic N) is 1. The lowest BCUT2D eigenvalue weighted by Gasteiger charge is -2.25. The second kappa shape index (κ2) is 6.54. The van der Waals surface area contributed by atoms with Gasteiger partial charge < -0.3 is 10.0 Å². The molecule has 4 nitrogen and oxygen atoms in total. The lowest BCUT2D eigenvalue weighted by atomic mass is 10.0. The van der Waals surface area contributed by atoms with Crippen molar-refractivity contribution < 1.29 is 14.7 Å². The third kappa shape index (κ3) is 4.14. The zero-order chi connectivity index (χ0) is 13.7. The zero-order valence-electron chi connectivity index (χ0n) is 10.9. The van der Waals surface area contributed by atoms with Gasteiger partial charge in [0.15, 0.2) is 0 Å². The maximum atomic E-state index is 12.0. The first kappa shape index (κ1) is 14.7. The molecule has 0 aliphatic heterocycles. The van der Waals surface area contributed by atoms with E-state index >= 15 is 0 Å². The smallest absolute Gasteiger partial charge is 0.303 e. The standard InChI is InChI=1S/C13H19NO3S/c1-9(8-13(16)17)7-12(15)14(3)10(2)11-5-4-6-18-11/h4-6,9-10H,7-8H2,1-3H3,(H,16,17). The van der Waals surface area contributed by atoms with E-state index in [1.54, 1.807) is 30.2 Å². The van der Waals surface area contributed by atoms with Gasteiger partial charge in [0.25, 0.3) is 0 Å². The molecule has 1 amide bonds. The van der Waals surface area contributed by atoms with E-state index < -0.39 is 5.97 Å². The van der Waals surface area contributed by atoms with Crippen LogP contribution < -0.4 is 0 Å². The summed E-state index contributed by atoms with van der Waals surface area (Å²) in [6.45, 7) is 3.77. The van der Waals surface area contributed by atoms with Gasteiger partial charge in [0.2, 0.25) is 5.91 Å². The van der Waals surface area contributed by atoms with Gasteiger partial charge in [-0.2, -0.15) is 0 Å². The number of carbonyl (C=O) groups is 2. The highest BCUT2D eigenvalue weighted by Crippen LogP contribution is 2.24. The molecule has 5 heteroatoms. The molecule has 0 saturated carbocycles. The summed E-state index contributed by atoms with van der Waals surface area (Å²) in [5.41, 5.74) is 0. The number of carbonyl (C=O) groups excluding carboxylic acids is 1. The molecule has 0 bridgehead atoms. The molecule has 0 fully saturated rings. The van der Waals surface area contributed by atoms with E-state index in [4.69, 9.17) is 5.11 Å². The minimum Gasteiger partial charge on any atom is -0.481 e. The molecule has 0 spiro atoms. The number of carboxylic acids is 1. The molecule has 1 N–H and O–H groups in total. The molecule has 18 heavy (non-hydrogen) atoms. The maximum Gasteiger partial charge on any atom is 0.303 e. The Kier molecular flexibility index (Phi) is 5.34. The van der Waals surface area contributed by atoms with Crippen LogP contribution >= 0.6 is 11.3 Å². The van der Waals surface area contributed by atoms with Crippen LogP contribution in [0.4, 0.5) is 0 Å². The molecular weight excluding hydrogens is 250 g/mol. The second-order valence-corrected chi connectivity index (χ2v) is 5.58. The molecule has 0 aliphatic carbocycles. The summed E-state index contributed by atoms with van der Waals surface area (Å²) in [4.78, 5) is 25.4. The van der Waals surface area contributed by atoms with Gasteiger partial charge >= 0.3 is 5.97 Å². The van der Waals surface area contributed by atoms with E-state index in [1.165, 1.54) is 0 Å². The lowest BCUT2D eigenvalue weighted by molar-refractivity contribution is -0.138. The summed E-state index contributed by atoms with van der Waals surface area (Å²) in [7, 11) is 1.76. The van der Waals surface area contributed by atoms with Crippen molar-refractivity contribution in [1.29, 1.82) is 0 Å². The molecule has 1 aromatic heterocycles. The molecule has 1 rings (SSSR count). The van der Waals surface area contributed by atoms with Gasteiger partial charge in [0.05, 0.1) is 6.04 Å². The third-order valence-corrected chi connectivity index (χ3v) is 4.02. The first-order valence-corrected chi connectivity index (χ1v) is 6.80. The van der Waals surface area contributed by atoms with Gasteiger partial charge in [-0.3, -0.25) is 9.59 Å². The molecule has 2 atom stereocenters. The van der Waals surface area contributed by atoms with Crippen LogP contribution in [0.3, 0.4) is 0 Å². The highest BCUT2D eigenvalue weighted by atomic mass is 32.1. The molecule has 100 valence electrons. The van der Waals surface area contributed by atoms with Crippen molar-refractivity contribution in [2.24, 2.45) is 5.92 Å². The van der Waals surface area contributed by atoms with Crippen molar-refractivity contribution in [2.45, 2.75) is 32.7 Å². The van der Waals surface area contributed by atoms with Gasteiger partial charge in [-0.15, -0.1) is 11.3 Å². The Labute approximate surface area is 111 Å². The summed E-state index contributed by atoms with van der Waals surface area (Å²) in [6.07, 6.45) is 0.311. The largest absolute Gasteiger partial charge is 0.481 e. The number of amides is 1. The molecular formula is C13H19NO3S. The first-order chi connectivity index (χ1) is 8.41. The first-order valence-electron chi connectivity index (χ1n) is 5.92. The summed E-state index contributed by atoms with van der Waals surface area (Å²) in [5, 5.41) is 10.7. The predicted octanol–water partition coefficient (Wildman–Crippen LogP) is 2.77. The van der Waals surface area contributed by atoms with Crippen LogP contribution in [0.1, 0.15) is 37.6 Å². The number of hydrogen-bond acceptors (Lipinski definition) is 3.